The number of non-ortho nitro benzene ring substituents is 1. The first-order chi connectivity index (χ1) is 8.27. The molecule has 0 fully saturated rings. The average molecular weight is 273 g/mol. The number of carbonyl (C=O) groups excluding carboxylic acids is 1. The first-order valence-corrected chi connectivity index (χ1v) is 6.81. The Kier molecular flexibility index (Phi) is 4.15. The van der Waals surface area contributed by atoms with Gasteiger partial charge in [-0.3, -0.25) is 14.9 Å². The quantitative estimate of drug-likeness (QED) is 0.465. The van der Waals surface area contributed by atoms with Crippen LogP contribution in [0.4, 0.5) is 5.69 Å². The molecule has 1 aromatic rings. The highest BCUT2D eigenvalue weighted by atomic mass is 32.2. The predicted molar refractivity (Wildman–Crippen MR) is 63.1 cm³/mol. The molecule has 0 radical (unpaired) electrons. The summed E-state index contributed by atoms with van der Waals surface area (Å²) in [6.07, 6.45) is 0.844. The van der Waals surface area contributed by atoms with Crippen LogP contribution >= 0.6 is 0 Å². The van der Waals surface area contributed by atoms with Crippen LogP contribution in [0.5, 0.6) is 0 Å². The summed E-state index contributed by atoms with van der Waals surface area (Å²) in [5, 5.41) is 17.8. The average Bonchev–Trinajstić information content (AvgIpc) is 2.28. The third kappa shape index (κ3) is 3.11. The van der Waals surface area contributed by atoms with Gasteiger partial charge in [-0.25, -0.2) is 8.42 Å². The van der Waals surface area contributed by atoms with Crippen LogP contribution in [0.15, 0.2) is 24.3 Å². The maximum Gasteiger partial charge on any atom is 0.269 e. The van der Waals surface area contributed by atoms with E-state index in [9.17, 15) is 23.3 Å². The number of Topliss-reactive ketones (excluding diaryl/α,β-unsaturated/α-hetero) is 1. The third-order valence-corrected chi connectivity index (χ3v) is 3.73. The molecule has 0 saturated heterocycles. The van der Waals surface area contributed by atoms with Gasteiger partial charge < -0.3 is 5.11 Å². The second-order valence-electron chi connectivity index (χ2n) is 3.67. The molecular weight excluding hydrogens is 262 g/mol. The van der Waals surface area contributed by atoms with Crippen LogP contribution in [0.1, 0.15) is 10.4 Å². The molecule has 1 rings (SSSR count). The lowest BCUT2D eigenvalue weighted by atomic mass is 10.1. The lowest BCUT2D eigenvalue weighted by Crippen LogP contribution is -2.33. The highest BCUT2D eigenvalue weighted by Gasteiger charge is 2.29. The fourth-order valence-corrected chi connectivity index (χ4v) is 2.14. The zero-order chi connectivity index (χ0) is 13.9. The minimum absolute atomic E-state index is 0.00470. The summed E-state index contributed by atoms with van der Waals surface area (Å²) < 4.78 is 22.5. The summed E-state index contributed by atoms with van der Waals surface area (Å²) in [5.74, 6) is -0.783. The normalized spacial score (nSPS) is 13.0. The van der Waals surface area contributed by atoms with Gasteiger partial charge in [0.15, 0.2) is 15.6 Å². The summed E-state index contributed by atoms with van der Waals surface area (Å²) in [6, 6.07) is 4.52. The van der Waals surface area contributed by atoms with Gasteiger partial charge in [0.2, 0.25) is 0 Å². The maximum absolute atomic E-state index is 11.8. The Bertz CT molecular complexity index is 563. The Hall–Kier alpha value is -1.80. The Balaban J connectivity index is 3.07. The number of aliphatic hydroxyl groups excluding tert-OH is 1. The molecule has 0 bridgehead atoms. The number of sulfone groups is 1. The number of rotatable bonds is 5. The van der Waals surface area contributed by atoms with Gasteiger partial charge in [-0.05, 0) is 12.1 Å². The van der Waals surface area contributed by atoms with Crippen LogP contribution < -0.4 is 0 Å². The smallest absolute Gasteiger partial charge is 0.269 e. The van der Waals surface area contributed by atoms with Gasteiger partial charge in [0.1, 0.15) is 5.25 Å². The Morgan fingerprint density at radius 1 is 1.39 bits per heavy atom. The largest absolute Gasteiger partial charge is 0.395 e. The highest BCUT2D eigenvalue weighted by Crippen LogP contribution is 2.15. The lowest BCUT2D eigenvalue weighted by molar-refractivity contribution is -0.384. The number of nitrogens with zero attached hydrogens (tertiary/aromatic N) is 1. The van der Waals surface area contributed by atoms with E-state index in [1.807, 2.05) is 0 Å². The van der Waals surface area contributed by atoms with Gasteiger partial charge >= 0.3 is 0 Å². The molecule has 1 unspecified atom stereocenters. The van der Waals surface area contributed by atoms with Gasteiger partial charge in [-0.15, -0.1) is 0 Å². The van der Waals surface area contributed by atoms with Gasteiger partial charge in [0.25, 0.3) is 5.69 Å². The van der Waals surface area contributed by atoms with Crippen molar-refractivity contribution in [2.24, 2.45) is 0 Å². The third-order valence-electron chi connectivity index (χ3n) is 2.34. The van der Waals surface area contributed by atoms with Gasteiger partial charge in [-0.2, -0.15) is 0 Å². The van der Waals surface area contributed by atoms with E-state index in [-0.39, 0.29) is 11.3 Å². The molecule has 0 amide bonds. The van der Waals surface area contributed by atoms with Crippen LogP contribution in [-0.2, 0) is 9.84 Å². The monoisotopic (exact) mass is 273 g/mol. The van der Waals surface area contributed by atoms with Crippen molar-refractivity contribution in [1.29, 1.82) is 0 Å². The van der Waals surface area contributed by atoms with Crippen LogP contribution in [0, 0.1) is 10.1 Å². The molecule has 98 valence electrons. The minimum Gasteiger partial charge on any atom is -0.395 e. The summed E-state index contributed by atoms with van der Waals surface area (Å²) in [7, 11) is -3.72. The standard InChI is InChI=1S/C10H11NO6S/c1-18(16,17)9(6-12)10(13)7-2-4-8(5-3-7)11(14)15/h2-5,9,12H,6H2,1H3. The van der Waals surface area contributed by atoms with Crippen molar-refractivity contribution in [3.8, 4) is 0 Å². The number of benzene rings is 1. The molecule has 0 heterocycles. The molecule has 0 spiro atoms. The number of hydrogen-bond acceptors (Lipinski definition) is 6. The number of hydrogen-bond donors (Lipinski definition) is 1. The van der Waals surface area contributed by atoms with Crippen LogP contribution in [0.3, 0.4) is 0 Å². The molecule has 7 nitrogen and oxygen atoms in total. The van der Waals surface area contributed by atoms with Gasteiger partial charge in [-0.1, -0.05) is 0 Å². The van der Waals surface area contributed by atoms with Crippen molar-refractivity contribution in [1.82, 2.24) is 0 Å². The summed E-state index contributed by atoms with van der Waals surface area (Å²) >= 11 is 0. The van der Waals surface area contributed by atoms with Gasteiger partial charge in [0, 0.05) is 24.0 Å². The van der Waals surface area contributed by atoms with Crippen molar-refractivity contribution in [2.45, 2.75) is 5.25 Å². The van der Waals surface area contributed by atoms with E-state index < -0.39 is 32.4 Å². The second-order valence-corrected chi connectivity index (χ2v) is 5.90. The lowest BCUT2D eigenvalue weighted by Gasteiger charge is -2.10. The fourth-order valence-electron chi connectivity index (χ4n) is 1.35. The maximum atomic E-state index is 11.8. The minimum atomic E-state index is -3.72. The molecule has 0 aromatic heterocycles. The van der Waals surface area contributed by atoms with Crippen molar-refractivity contribution in [3.05, 3.63) is 39.9 Å². The zero-order valence-electron chi connectivity index (χ0n) is 9.44. The molecular formula is C10H11NO6S. The molecule has 0 aliphatic rings. The van der Waals surface area contributed by atoms with E-state index in [0.717, 1.165) is 30.5 Å². The predicted octanol–water partition coefficient (Wildman–Crippen LogP) is 0.183. The van der Waals surface area contributed by atoms with E-state index in [4.69, 9.17) is 5.11 Å². The van der Waals surface area contributed by atoms with Crippen molar-refractivity contribution >= 4 is 21.3 Å². The molecule has 0 aliphatic carbocycles. The molecule has 0 saturated carbocycles. The first-order valence-electron chi connectivity index (χ1n) is 4.85. The zero-order valence-corrected chi connectivity index (χ0v) is 10.3. The number of aliphatic hydroxyl groups is 1. The van der Waals surface area contributed by atoms with E-state index >= 15 is 0 Å². The molecule has 0 aliphatic heterocycles. The van der Waals surface area contributed by atoms with E-state index in [1.54, 1.807) is 0 Å². The summed E-state index contributed by atoms with van der Waals surface area (Å²) in [4.78, 5) is 21.6. The number of carbonyl (C=O) groups is 1. The van der Waals surface area contributed by atoms with Crippen LogP contribution in [0.2, 0.25) is 0 Å². The van der Waals surface area contributed by atoms with Crippen molar-refractivity contribution in [3.63, 3.8) is 0 Å². The second kappa shape index (κ2) is 5.23. The topological polar surface area (TPSA) is 115 Å². The van der Waals surface area contributed by atoms with E-state index in [0.29, 0.717) is 0 Å². The van der Waals surface area contributed by atoms with Crippen LogP contribution in [0.25, 0.3) is 0 Å². The molecule has 18 heavy (non-hydrogen) atoms. The molecule has 1 aromatic carbocycles. The summed E-state index contributed by atoms with van der Waals surface area (Å²) in [5.41, 5.74) is -0.198. The van der Waals surface area contributed by atoms with Crippen molar-refractivity contribution < 1.29 is 23.2 Å². The first kappa shape index (κ1) is 14.3. The number of ketones is 1. The number of nitro groups is 1. The van der Waals surface area contributed by atoms with Crippen LogP contribution in [-0.4, -0.2) is 42.3 Å². The molecule has 1 atom stereocenters. The summed E-state index contributed by atoms with van der Waals surface area (Å²) in [6.45, 7) is -0.825. The fraction of sp³-hybridized carbons (Fsp3) is 0.300. The van der Waals surface area contributed by atoms with E-state index in [2.05, 4.69) is 0 Å². The van der Waals surface area contributed by atoms with Gasteiger partial charge in [0.05, 0.1) is 11.5 Å². The van der Waals surface area contributed by atoms with E-state index in [1.165, 1.54) is 0 Å². The van der Waals surface area contributed by atoms with Crippen molar-refractivity contribution in [2.75, 3.05) is 12.9 Å². The Labute approximate surface area is 103 Å². The Morgan fingerprint density at radius 3 is 2.22 bits per heavy atom. The highest BCUT2D eigenvalue weighted by molar-refractivity contribution is 7.92. The Morgan fingerprint density at radius 2 is 1.89 bits per heavy atom. The SMILES string of the molecule is CS(=O)(=O)C(CO)C(=O)c1ccc([N+](=O)[O-])cc1. The molecule has 1 N–H and O–H groups in total. The number of nitro benzene ring substituents is 1. The molecule has 8 heteroatoms.